The molecule has 3 heterocycles. The first-order valence-electron chi connectivity index (χ1n) is 8.54. The number of carbonyl (C=O) groups is 4. The number of aromatic amines is 1. The molecule has 2 amide bonds. The van der Waals surface area contributed by atoms with E-state index in [1.165, 1.54) is 18.1 Å². The van der Waals surface area contributed by atoms with E-state index in [0.29, 0.717) is 12.1 Å². The first-order valence-corrected chi connectivity index (χ1v) is 9.83. The molecule has 2 aliphatic heterocycles. The van der Waals surface area contributed by atoms with Gasteiger partial charge in [0.2, 0.25) is 5.91 Å². The number of hydrogen-bond donors (Lipinski definition) is 4. The fourth-order valence-electron chi connectivity index (χ4n) is 3.68. The fraction of sp³-hybridized carbons (Fsp3) is 0.562. The van der Waals surface area contributed by atoms with Crippen molar-refractivity contribution in [3.05, 3.63) is 18.2 Å². The van der Waals surface area contributed by atoms with Crippen molar-refractivity contribution in [2.75, 3.05) is 12.8 Å². The van der Waals surface area contributed by atoms with E-state index in [-0.39, 0.29) is 25.2 Å². The van der Waals surface area contributed by atoms with Crippen LogP contribution in [-0.4, -0.2) is 74.0 Å². The second-order valence-corrected chi connectivity index (χ2v) is 7.61. The van der Waals surface area contributed by atoms with Gasteiger partial charge in [-0.2, -0.15) is 0 Å². The zero-order valence-corrected chi connectivity index (χ0v) is 15.6. The van der Waals surface area contributed by atoms with E-state index in [0.717, 1.165) is 4.90 Å². The van der Waals surface area contributed by atoms with Crippen molar-refractivity contribution < 1.29 is 19.2 Å². The number of ketones is 2. The lowest BCUT2D eigenvalue weighted by Crippen LogP contribution is -2.72. The Labute approximate surface area is 159 Å². The summed E-state index contributed by atoms with van der Waals surface area (Å²) in [6, 6.07) is -2.12. The maximum absolute atomic E-state index is 13.1. The highest BCUT2D eigenvalue weighted by atomic mass is 32.2. The Kier molecular flexibility index (Phi) is 5.36. The van der Waals surface area contributed by atoms with Gasteiger partial charge in [-0.05, 0) is 19.1 Å². The van der Waals surface area contributed by atoms with Crippen LogP contribution in [0.25, 0.3) is 0 Å². The van der Waals surface area contributed by atoms with Gasteiger partial charge in [0.15, 0.2) is 17.1 Å². The molecule has 2 aliphatic rings. The van der Waals surface area contributed by atoms with E-state index < -0.39 is 40.6 Å². The van der Waals surface area contributed by atoms with Gasteiger partial charge in [0.1, 0.15) is 11.4 Å². The quantitative estimate of drug-likeness (QED) is 0.383. The smallest absolute Gasteiger partial charge is 0.251 e. The molecule has 146 valence electrons. The van der Waals surface area contributed by atoms with Gasteiger partial charge >= 0.3 is 0 Å². The molecule has 0 radical (unpaired) electrons. The molecule has 0 saturated carbocycles. The Morgan fingerprint density at radius 3 is 2.78 bits per heavy atom. The number of aromatic nitrogens is 2. The van der Waals surface area contributed by atoms with Crippen LogP contribution in [0.5, 0.6) is 0 Å². The van der Waals surface area contributed by atoms with Crippen LogP contribution in [0.3, 0.4) is 0 Å². The van der Waals surface area contributed by atoms with Crippen molar-refractivity contribution in [2.24, 2.45) is 11.5 Å². The Morgan fingerprint density at radius 2 is 2.22 bits per heavy atom. The molecule has 4 atom stereocenters. The van der Waals surface area contributed by atoms with Crippen LogP contribution in [0.15, 0.2) is 12.5 Å². The van der Waals surface area contributed by atoms with E-state index in [1.54, 1.807) is 12.5 Å². The number of amides is 2. The van der Waals surface area contributed by atoms with Gasteiger partial charge in [-0.25, -0.2) is 4.98 Å². The van der Waals surface area contributed by atoms with Crippen LogP contribution >= 0.6 is 11.8 Å². The summed E-state index contributed by atoms with van der Waals surface area (Å²) >= 11 is 1.28. The third-order valence-electron chi connectivity index (χ3n) is 5.13. The molecule has 1 aromatic rings. The Balaban J connectivity index is 1.83. The zero-order chi connectivity index (χ0) is 19.8. The number of likely N-dealkylation sites (tertiary alicyclic amines) is 1. The lowest BCUT2D eigenvalue weighted by Gasteiger charge is -2.41. The van der Waals surface area contributed by atoms with E-state index in [1.807, 2.05) is 0 Å². The molecule has 2 unspecified atom stereocenters. The summed E-state index contributed by atoms with van der Waals surface area (Å²) in [5.74, 6) is -2.44. The highest BCUT2D eigenvalue weighted by Crippen LogP contribution is 2.33. The Morgan fingerprint density at radius 1 is 1.48 bits per heavy atom. The molecule has 10 nitrogen and oxygen atoms in total. The van der Waals surface area contributed by atoms with Crippen molar-refractivity contribution in [3.63, 3.8) is 0 Å². The average Bonchev–Trinajstić information content (AvgIpc) is 3.29. The Bertz CT molecular complexity index is 769. The number of thioether (sulfide) groups is 1. The monoisotopic (exact) mass is 394 g/mol. The molecule has 2 saturated heterocycles. The van der Waals surface area contributed by atoms with Gasteiger partial charge in [-0.15, -0.1) is 11.8 Å². The van der Waals surface area contributed by atoms with Crippen LogP contribution in [0.4, 0.5) is 0 Å². The number of imidazole rings is 1. The van der Waals surface area contributed by atoms with Crippen molar-refractivity contribution >= 4 is 35.1 Å². The largest absolute Gasteiger partial charge is 0.367 e. The highest BCUT2D eigenvalue weighted by Gasteiger charge is 2.58. The number of H-pyrrole nitrogens is 1. The van der Waals surface area contributed by atoms with E-state index in [9.17, 15) is 19.2 Å². The second kappa shape index (κ2) is 7.41. The molecule has 3 rings (SSSR count). The summed E-state index contributed by atoms with van der Waals surface area (Å²) in [5, 5.41) is 2.39. The summed E-state index contributed by atoms with van der Waals surface area (Å²) in [4.78, 5) is 58.4. The SMILES string of the molecule is CSC1NC(C(=O)N2CCC[C@]2(C(N)=O)C(=O)[C@@H](N)Cc2c[nH]cn2)C1=O. The van der Waals surface area contributed by atoms with E-state index in [2.05, 4.69) is 15.3 Å². The molecule has 0 bridgehead atoms. The Hall–Kier alpha value is -2.24. The topological polar surface area (TPSA) is 164 Å². The lowest BCUT2D eigenvalue weighted by atomic mass is 9.84. The molecule has 0 aliphatic carbocycles. The molecular formula is C16H22N6O4S. The number of primary amides is 1. The summed E-state index contributed by atoms with van der Waals surface area (Å²) < 4.78 is 0. The van der Waals surface area contributed by atoms with Gasteiger partial charge in [-0.1, -0.05) is 0 Å². The average molecular weight is 394 g/mol. The lowest BCUT2D eigenvalue weighted by molar-refractivity contribution is -0.156. The number of rotatable bonds is 7. The summed E-state index contributed by atoms with van der Waals surface area (Å²) in [6.07, 6.45) is 5.42. The second-order valence-electron chi connectivity index (χ2n) is 6.67. The first-order chi connectivity index (χ1) is 12.8. The predicted molar refractivity (Wildman–Crippen MR) is 97.4 cm³/mol. The van der Waals surface area contributed by atoms with E-state index >= 15 is 0 Å². The van der Waals surface area contributed by atoms with Gasteiger partial charge in [0.05, 0.1) is 18.1 Å². The first kappa shape index (κ1) is 19.5. The summed E-state index contributed by atoms with van der Waals surface area (Å²) in [5.41, 5.74) is 10.3. The van der Waals surface area contributed by atoms with Crippen molar-refractivity contribution in [1.29, 1.82) is 0 Å². The number of Topliss-reactive ketones (excluding diaryl/α,β-unsaturated/α-hetero) is 2. The molecule has 0 spiro atoms. The van der Waals surface area contributed by atoms with Crippen LogP contribution in [0, 0.1) is 0 Å². The molecule has 2 fully saturated rings. The minimum absolute atomic E-state index is 0.0913. The number of nitrogens with one attached hydrogen (secondary N) is 2. The third kappa shape index (κ3) is 3.15. The number of nitrogens with two attached hydrogens (primary N) is 2. The minimum Gasteiger partial charge on any atom is -0.367 e. The van der Waals surface area contributed by atoms with Crippen molar-refractivity contribution in [3.8, 4) is 0 Å². The van der Waals surface area contributed by atoms with E-state index in [4.69, 9.17) is 11.5 Å². The minimum atomic E-state index is -1.83. The molecule has 0 aromatic carbocycles. The van der Waals surface area contributed by atoms with Gasteiger partial charge < -0.3 is 21.4 Å². The van der Waals surface area contributed by atoms with Crippen LogP contribution in [0.2, 0.25) is 0 Å². The number of carbonyl (C=O) groups excluding carboxylic acids is 4. The van der Waals surface area contributed by atoms with Crippen LogP contribution in [-0.2, 0) is 25.6 Å². The molecule has 27 heavy (non-hydrogen) atoms. The molecule has 11 heteroatoms. The standard InChI is InChI=1S/C16H22N6O4S/c1-27-13-11(23)10(21-13)14(25)22-4-2-3-16(22,15(18)26)12(24)9(17)5-8-6-19-7-20-8/h6-7,9-10,13,21H,2-5,17H2,1H3,(H2,18,26)(H,19,20)/t9-,10?,13?,16+/m0/s1. The number of nitrogens with zero attached hydrogens (tertiary/aromatic N) is 2. The molecule has 6 N–H and O–H groups in total. The molecule has 1 aromatic heterocycles. The number of hydrogen-bond acceptors (Lipinski definition) is 8. The normalized spacial score (nSPS) is 28.7. The zero-order valence-electron chi connectivity index (χ0n) is 14.8. The summed E-state index contributed by atoms with van der Waals surface area (Å²) in [7, 11) is 0. The van der Waals surface area contributed by atoms with Crippen molar-refractivity contribution in [2.45, 2.75) is 42.3 Å². The highest BCUT2D eigenvalue weighted by molar-refractivity contribution is 8.00. The van der Waals surface area contributed by atoms with Crippen molar-refractivity contribution in [1.82, 2.24) is 20.2 Å². The van der Waals surface area contributed by atoms with Crippen LogP contribution < -0.4 is 16.8 Å². The van der Waals surface area contributed by atoms with Gasteiger partial charge in [0.25, 0.3) is 5.91 Å². The van der Waals surface area contributed by atoms with Crippen LogP contribution in [0.1, 0.15) is 18.5 Å². The predicted octanol–water partition coefficient (Wildman–Crippen LogP) is -2.07. The van der Waals surface area contributed by atoms with Gasteiger partial charge in [0, 0.05) is 19.2 Å². The maximum atomic E-state index is 13.1. The fourth-order valence-corrected chi connectivity index (χ4v) is 4.32. The molecular weight excluding hydrogens is 372 g/mol. The third-order valence-corrected chi connectivity index (χ3v) is 5.97. The van der Waals surface area contributed by atoms with Gasteiger partial charge in [-0.3, -0.25) is 24.5 Å². The maximum Gasteiger partial charge on any atom is 0.251 e. The summed E-state index contributed by atoms with van der Waals surface area (Å²) in [6.45, 7) is 0.165.